The summed E-state index contributed by atoms with van der Waals surface area (Å²) in [4.78, 5) is 14.8. The Labute approximate surface area is 215 Å². The molecule has 0 radical (unpaired) electrons. The van der Waals surface area contributed by atoms with Crippen LogP contribution < -0.4 is 0 Å². The molecule has 2 saturated heterocycles. The van der Waals surface area contributed by atoms with Gasteiger partial charge in [-0.3, -0.25) is 4.90 Å². The summed E-state index contributed by atoms with van der Waals surface area (Å²) in [7, 11) is 1.47. The van der Waals surface area contributed by atoms with Crippen molar-refractivity contribution < 1.29 is 19.0 Å². The summed E-state index contributed by atoms with van der Waals surface area (Å²) >= 11 is 0. The number of benzene rings is 1. The molecule has 0 N–H and O–H groups in total. The topological polar surface area (TPSA) is 65.8 Å². The maximum absolute atomic E-state index is 12.9. The number of rotatable bonds is 6. The van der Waals surface area contributed by atoms with Crippen molar-refractivity contribution in [2.24, 2.45) is 0 Å². The molecule has 1 aromatic heterocycles. The van der Waals surface area contributed by atoms with Gasteiger partial charge in [0.25, 0.3) is 0 Å². The van der Waals surface area contributed by atoms with Crippen molar-refractivity contribution in [2.75, 3.05) is 20.3 Å². The van der Waals surface area contributed by atoms with Gasteiger partial charge in [-0.2, -0.15) is 5.10 Å². The van der Waals surface area contributed by atoms with Gasteiger partial charge in [-0.15, -0.1) is 0 Å². The molecule has 7 heteroatoms. The Hall–Kier alpha value is -2.38. The number of hydrogen-bond acceptors (Lipinski definition) is 5. The highest BCUT2D eigenvalue weighted by molar-refractivity contribution is 5.69. The van der Waals surface area contributed by atoms with Crippen molar-refractivity contribution in [1.29, 1.82) is 0 Å². The van der Waals surface area contributed by atoms with E-state index in [1.165, 1.54) is 18.4 Å². The minimum absolute atomic E-state index is 0.0280. The van der Waals surface area contributed by atoms with Crippen LogP contribution in [0.3, 0.4) is 0 Å². The standard InChI is InChI=1S/C29H41N3O4/c1-20-18-30-32(27-11-7-8-16-35-27)28(20)25-17-21(2)31(29(33)34-3)26(25)19-36-24-14-12-23(13-15-24)22-9-5-4-6-10-22/h4-6,9-10,18,21,23-27H,7-8,11-17,19H2,1-3H3/t21-,23-,24+,25?,26+,27?/m1/s1. The SMILES string of the molecule is COC(=O)N1[C@H](C)CC(c2c(C)cnn2C2CCCCO2)[C@@H]1CO[C@H]1CC[C@@H](c2ccccc2)CC1. The number of carbonyl (C=O) groups is 1. The van der Waals surface area contributed by atoms with Crippen LogP contribution in [-0.4, -0.2) is 59.3 Å². The largest absolute Gasteiger partial charge is 0.453 e. The van der Waals surface area contributed by atoms with Crippen LogP contribution in [-0.2, 0) is 14.2 Å². The van der Waals surface area contributed by atoms with Crippen LogP contribution in [0.2, 0.25) is 0 Å². The highest BCUT2D eigenvalue weighted by Gasteiger charge is 2.46. The number of likely N-dealkylation sites (tertiary alicyclic amines) is 1. The summed E-state index contributed by atoms with van der Waals surface area (Å²) in [6.45, 7) is 5.52. The Morgan fingerprint density at radius 2 is 1.89 bits per heavy atom. The average Bonchev–Trinajstić information content (AvgIpc) is 3.47. The molecule has 4 atom stereocenters. The van der Waals surface area contributed by atoms with Gasteiger partial charge in [-0.1, -0.05) is 30.3 Å². The number of amides is 1. The number of aromatic nitrogens is 2. The average molecular weight is 496 g/mol. The number of aryl methyl sites for hydroxylation is 1. The molecule has 5 rings (SSSR count). The molecular weight excluding hydrogens is 454 g/mol. The van der Waals surface area contributed by atoms with Crippen LogP contribution in [0.15, 0.2) is 36.5 Å². The van der Waals surface area contributed by atoms with Gasteiger partial charge >= 0.3 is 6.09 Å². The maximum Gasteiger partial charge on any atom is 0.410 e. The molecule has 7 nitrogen and oxygen atoms in total. The van der Waals surface area contributed by atoms with E-state index in [-0.39, 0.29) is 36.4 Å². The van der Waals surface area contributed by atoms with Crippen LogP contribution in [0.5, 0.6) is 0 Å². The second-order valence-electron chi connectivity index (χ2n) is 10.8. The molecule has 2 aromatic rings. The van der Waals surface area contributed by atoms with Crippen molar-refractivity contribution in [3.8, 4) is 0 Å². The van der Waals surface area contributed by atoms with Gasteiger partial charge in [0.2, 0.25) is 0 Å². The lowest BCUT2D eigenvalue weighted by atomic mass is 9.83. The molecular formula is C29H41N3O4. The van der Waals surface area contributed by atoms with Gasteiger partial charge in [0.15, 0.2) is 0 Å². The number of hydrogen-bond donors (Lipinski definition) is 0. The molecule has 0 spiro atoms. The zero-order valence-electron chi connectivity index (χ0n) is 22.0. The van der Waals surface area contributed by atoms with Crippen molar-refractivity contribution in [3.05, 3.63) is 53.3 Å². The molecule has 0 bridgehead atoms. The summed E-state index contributed by atoms with van der Waals surface area (Å²) in [6, 6.07) is 10.8. The van der Waals surface area contributed by atoms with Crippen molar-refractivity contribution in [2.45, 2.75) is 101 Å². The second-order valence-corrected chi connectivity index (χ2v) is 10.8. The van der Waals surface area contributed by atoms with E-state index in [1.54, 1.807) is 0 Å². The van der Waals surface area contributed by atoms with Gasteiger partial charge in [-0.05, 0) is 82.3 Å². The number of methoxy groups -OCH3 is 1. The highest BCUT2D eigenvalue weighted by Crippen LogP contribution is 2.42. The van der Waals surface area contributed by atoms with Gasteiger partial charge in [0, 0.05) is 24.3 Å². The van der Waals surface area contributed by atoms with Crippen LogP contribution >= 0.6 is 0 Å². The molecule has 3 heterocycles. The van der Waals surface area contributed by atoms with Crippen LogP contribution in [0, 0.1) is 6.92 Å². The molecule has 2 unspecified atom stereocenters. The smallest absolute Gasteiger partial charge is 0.410 e. The van der Waals surface area contributed by atoms with Gasteiger partial charge in [0.1, 0.15) is 6.23 Å². The fraction of sp³-hybridized carbons (Fsp3) is 0.655. The Kier molecular flexibility index (Phi) is 7.96. The van der Waals surface area contributed by atoms with Crippen LogP contribution in [0.25, 0.3) is 0 Å². The third kappa shape index (κ3) is 5.18. The lowest BCUT2D eigenvalue weighted by Crippen LogP contribution is -2.44. The Balaban J connectivity index is 1.31. The third-order valence-corrected chi connectivity index (χ3v) is 8.53. The predicted octanol–water partition coefficient (Wildman–Crippen LogP) is 5.95. The molecule has 1 aromatic carbocycles. The third-order valence-electron chi connectivity index (χ3n) is 8.53. The summed E-state index contributed by atoms with van der Waals surface area (Å²) < 4.78 is 20.0. The highest BCUT2D eigenvalue weighted by atomic mass is 16.5. The van der Waals surface area contributed by atoms with Crippen molar-refractivity contribution in [3.63, 3.8) is 0 Å². The quantitative estimate of drug-likeness (QED) is 0.496. The number of carbonyl (C=O) groups excluding carboxylic acids is 1. The van der Waals surface area contributed by atoms with E-state index in [0.29, 0.717) is 12.5 Å². The van der Waals surface area contributed by atoms with E-state index in [1.807, 2.05) is 11.1 Å². The van der Waals surface area contributed by atoms with Crippen molar-refractivity contribution in [1.82, 2.24) is 14.7 Å². The molecule has 1 amide bonds. The minimum Gasteiger partial charge on any atom is -0.453 e. The Morgan fingerprint density at radius 3 is 2.58 bits per heavy atom. The first kappa shape index (κ1) is 25.3. The normalized spacial score (nSPS) is 30.9. The number of nitrogens with zero attached hydrogens (tertiary/aromatic N) is 3. The fourth-order valence-electron chi connectivity index (χ4n) is 6.66. The van der Waals surface area contributed by atoms with Gasteiger partial charge in [0.05, 0.1) is 32.1 Å². The molecule has 1 saturated carbocycles. The fourth-order valence-corrected chi connectivity index (χ4v) is 6.66. The Bertz CT molecular complexity index is 995. The van der Waals surface area contributed by atoms with E-state index >= 15 is 0 Å². The van der Waals surface area contributed by atoms with Crippen molar-refractivity contribution >= 4 is 6.09 Å². The first-order valence-electron chi connectivity index (χ1n) is 13.7. The Morgan fingerprint density at radius 1 is 1.11 bits per heavy atom. The van der Waals surface area contributed by atoms with Gasteiger partial charge < -0.3 is 14.2 Å². The maximum atomic E-state index is 12.9. The molecule has 2 aliphatic heterocycles. The van der Waals surface area contributed by atoms with Gasteiger partial charge in [-0.25, -0.2) is 9.48 Å². The number of ether oxygens (including phenoxy) is 3. The summed E-state index contributed by atoms with van der Waals surface area (Å²) in [5.74, 6) is 0.747. The summed E-state index contributed by atoms with van der Waals surface area (Å²) in [6.07, 6.45) is 10.4. The zero-order chi connectivity index (χ0) is 25.1. The predicted molar refractivity (Wildman–Crippen MR) is 138 cm³/mol. The zero-order valence-corrected chi connectivity index (χ0v) is 22.0. The van der Waals surface area contributed by atoms with Crippen LogP contribution in [0.1, 0.15) is 93.2 Å². The summed E-state index contributed by atoms with van der Waals surface area (Å²) in [5, 5.41) is 4.74. The first-order valence-corrected chi connectivity index (χ1v) is 13.7. The van der Waals surface area contributed by atoms with E-state index in [4.69, 9.17) is 19.3 Å². The molecule has 36 heavy (non-hydrogen) atoms. The lowest BCUT2D eigenvalue weighted by Gasteiger charge is -2.34. The van der Waals surface area contributed by atoms with E-state index in [2.05, 4.69) is 48.9 Å². The second kappa shape index (κ2) is 11.3. The van der Waals surface area contributed by atoms with E-state index < -0.39 is 0 Å². The van der Waals surface area contributed by atoms with E-state index in [0.717, 1.165) is 63.5 Å². The lowest BCUT2D eigenvalue weighted by molar-refractivity contribution is -0.0430. The van der Waals surface area contributed by atoms with E-state index in [9.17, 15) is 4.79 Å². The summed E-state index contributed by atoms with van der Waals surface area (Å²) in [5.41, 5.74) is 3.77. The minimum atomic E-state index is -0.274. The van der Waals surface area contributed by atoms with Crippen LogP contribution in [0.4, 0.5) is 4.79 Å². The molecule has 3 aliphatic rings. The molecule has 196 valence electrons. The molecule has 3 fully saturated rings. The molecule has 1 aliphatic carbocycles. The monoisotopic (exact) mass is 495 g/mol. The first-order chi connectivity index (χ1) is 17.6.